The van der Waals surface area contributed by atoms with Crippen LogP contribution in [0.25, 0.3) is 0 Å². The Balaban J connectivity index is 2.00. The minimum Gasteiger partial charge on any atom is -0.505 e. The van der Waals surface area contributed by atoms with E-state index in [0.717, 1.165) is 0 Å². The first kappa shape index (κ1) is 15.2. The lowest BCUT2D eigenvalue weighted by atomic mass is 10.1. The summed E-state index contributed by atoms with van der Waals surface area (Å²) >= 11 is 0. The van der Waals surface area contributed by atoms with E-state index in [1.165, 1.54) is 18.3 Å². The van der Waals surface area contributed by atoms with Gasteiger partial charge in [-0.2, -0.15) is 0 Å². The topological polar surface area (TPSA) is 118 Å². The van der Waals surface area contributed by atoms with E-state index in [2.05, 4.69) is 10.3 Å². The standard InChI is InChI=1S/C13H16N2O6/c16-9-2-1-4-14-12(9)13(19)15-8-3-5-20-6-10(8)21-7-11(17)18/h1-2,4,8,10,16H,3,5-7H2,(H,15,19)(H,17,18)/t8-,10-/m1/s1. The average Bonchev–Trinajstić information content (AvgIpc) is 2.46. The molecule has 1 aliphatic rings. The molecule has 1 fully saturated rings. The van der Waals surface area contributed by atoms with Crippen molar-refractivity contribution < 1.29 is 29.3 Å². The quantitative estimate of drug-likeness (QED) is 0.687. The van der Waals surface area contributed by atoms with Gasteiger partial charge in [0, 0.05) is 12.8 Å². The number of aliphatic carboxylic acids is 1. The molecule has 2 rings (SSSR count). The van der Waals surface area contributed by atoms with Crippen LogP contribution in [0.2, 0.25) is 0 Å². The number of carboxylic acid groups (broad SMARTS) is 1. The molecule has 0 aliphatic carbocycles. The van der Waals surface area contributed by atoms with Crippen LogP contribution in [0.4, 0.5) is 0 Å². The van der Waals surface area contributed by atoms with Crippen LogP contribution in [-0.4, -0.2) is 59.0 Å². The first-order valence-corrected chi connectivity index (χ1v) is 6.44. The molecule has 8 heteroatoms. The minimum absolute atomic E-state index is 0.0824. The van der Waals surface area contributed by atoms with Crippen molar-refractivity contribution in [2.24, 2.45) is 0 Å². The van der Waals surface area contributed by atoms with E-state index in [-0.39, 0.29) is 18.1 Å². The molecule has 2 heterocycles. The summed E-state index contributed by atoms with van der Waals surface area (Å²) in [6, 6.07) is 2.48. The molecule has 3 N–H and O–H groups in total. The molecule has 2 atom stereocenters. The summed E-state index contributed by atoms with van der Waals surface area (Å²) in [6.07, 6.45) is 1.34. The number of rotatable bonds is 5. The summed E-state index contributed by atoms with van der Waals surface area (Å²) in [7, 11) is 0. The summed E-state index contributed by atoms with van der Waals surface area (Å²) in [6.45, 7) is 0.174. The van der Waals surface area contributed by atoms with Gasteiger partial charge in [-0.15, -0.1) is 0 Å². The summed E-state index contributed by atoms with van der Waals surface area (Å²) in [5.74, 6) is -1.85. The Morgan fingerprint density at radius 2 is 2.33 bits per heavy atom. The number of carbonyl (C=O) groups excluding carboxylic acids is 1. The fraction of sp³-hybridized carbons (Fsp3) is 0.462. The van der Waals surface area contributed by atoms with Crippen molar-refractivity contribution in [2.75, 3.05) is 19.8 Å². The van der Waals surface area contributed by atoms with Gasteiger partial charge < -0.3 is 25.0 Å². The first-order valence-electron chi connectivity index (χ1n) is 6.44. The number of hydrogen-bond donors (Lipinski definition) is 3. The lowest BCUT2D eigenvalue weighted by Gasteiger charge is -2.31. The van der Waals surface area contributed by atoms with Gasteiger partial charge in [0.2, 0.25) is 0 Å². The third-order valence-electron chi connectivity index (χ3n) is 3.04. The Bertz CT molecular complexity index is 521. The van der Waals surface area contributed by atoms with Crippen molar-refractivity contribution in [3.05, 3.63) is 24.0 Å². The normalized spacial score (nSPS) is 21.7. The van der Waals surface area contributed by atoms with E-state index in [0.29, 0.717) is 13.0 Å². The molecule has 0 spiro atoms. The van der Waals surface area contributed by atoms with Crippen LogP contribution in [0.5, 0.6) is 5.75 Å². The van der Waals surface area contributed by atoms with Gasteiger partial charge in [0.1, 0.15) is 18.5 Å². The second kappa shape index (κ2) is 7.00. The Kier molecular flexibility index (Phi) is 5.07. The number of pyridine rings is 1. The fourth-order valence-electron chi connectivity index (χ4n) is 2.03. The van der Waals surface area contributed by atoms with Crippen molar-refractivity contribution >= 4 is 11.9 Å². The molecule has 8 nitrogen and oxygen atoms in total. The van der Waals surface area contributed by atoms with Gasteiger partial charge in [-0.1, -0.05) is 0 Å². The Morgan fingerprint density at radius 3 is 3.05 bits per heavy atom. The van der Waals surface area contributed by atoms with Crippen LogP contribution >= 0.6 is 0 Å². The number of nitrogens with zero attached hydrogens (tertiary/aromatic N) is 1. The van der Waals surface area contributed by atoms with Crippen molar-refractivity contribution in [3.63, 3.8) is 0 Å². The van der Waals surface area contributed by atoms with E-state index in [1.54, 1.807) is 0 Å². The predicted molar refractivity (Wildman–Crippen MR) is 70.0 cm³/mol. The lowest BCUT2D eigenvalue weighted by Crippen LogP contribution is -2.50. The van der Waals surface area contributed by atoms with Gasteiger partial charge in [-0.3, -0.25) is 4.79 Å². The molecular formula is C13H16N2O6. The Labute approximate surface area is 120 Å². The molecule has 21 heavy (non-hydrogen) atoms. The zero-order chi connectivity index (χ0) is 15.2. The smallest absolute Gasteiger partial charge is 0.329 e. The summed E-state index contributed by atoms with van der Waals surface area (Å²) in [5.41, 5.74) is -0.0824. The molecule has 0 unspecified atom stereocenters. The average molecular weight is 296 g/mol. The molecule has 1 aliphatic heterocycles. The molecule has 1 aromatic heterocycles. The van der Waals surface area contributed by atoms with Crippen LogP contribution in [0.15, 0.2) is 18.3 Å². The van der Waals surface area contributed by atoms with Gasteiger partial charge in [-0.25, -0.2) is 9.78 Å². The van der Waals surface area contributed by atoms with E-state index in [4.69, 9.17) is 14.6 Å². The molecule has 0 aromatic carbocycles. The summed E-state index contributed by atoms with van der Waals surface area (Å²) in [4.78, 5) is 26.4. The van der Waals surface area contributed by atoms with E-state index >= 15 is 0 Å². The second-order valence-electron chi connectivity index (χ2n) is 4.56. The van der Waals surface area contributed by atoms with Gasteiger partial charge >= 0.3 is 5.97 Å². The Hall–Kier alpha value is -2.19. The highest BCUT2D eigenvalue weighted by Crippen LogP contribution is 2.15. The van der Waals surface area contributed by atoms with Crippen LogP contribution in [-0.2, 0) is 14.3 Å². The summed E-state index contributed by atoms with van der Waals surface area (Å²) < 4.78 is 10.4. The monoisotopic (exact) mass is 296 g/mol. The number of hydrogen-bond acceptors (Lipinski definition) is 6. The van der Waals surface area contributed by atoms with Crippen LogP contribution in [0, 0.1) is 0 Å². The van der Waals surface area contributed by atoms with E-state index < -0.39 is 30.6 Å². The number of amides is 1. The molecule has 114 valence electrons. The van der Waals surface area contributed by atoms with E-state index in [9.17, 15) is 14.7 Å². The van der Waals surface area contributed by atoms with E-state index in [1.807, 2.05) is 0 Å². The van der Waals surface area contributed by atoms with Crippen molar-refractivity contribution in [1.29, 1.82) is 0 Å². The molecule has 0 radical (unpaired) electrons. The van der Waals surface area contributed by atoms with Gasteiger partial charge in [0.25, 0.3) is 5.91 Å². The number of aromatic hydroxyl groups is 1. The maximum Gasteiger partial charge on any atom is 0.329 e. The zero-order valence-electron chi connectivity index (χ0n) is 11.2. The first-order chi connectivity index (χ1) is 10.1. The Morgan fingerprint density at radius 1 is 1.52 bits per heavy atom. The van der Waals surface area contributed by atoms with Crippen LogP contribution < -0.4 is 5.32 Å². The van der Waals surface area contributed by atoms with Gasteiger partial charge in [-0.05, 0) is 18.6 Å². The minimum atomic E-state index is -1.09. The largest absolute Gasteiger partial charge is 0.505 e. The van der Waals surface area contributed by atoms with Crippen LogP contribution in [0.1, 0.15) is 16.9 Å². The van der Waals surface area contributed by atoms with Crippen LogP contribution in [0.3, 0.4) is 0 Å². The lowest BCUT2D eigenvalue weighted by molar-refractivity contribution is -0.148. The summed E-state index contributed by atoms with van der Waals surface area (Å²) in [5, 5.41) is 20.9. The highest BCUT2D eigenvalue weighted by Gasteiger charge is 2.29. The van der Waals surface area contributed by atoms with Gasteiger partial charge in [0.05, 0.1) is 12.6 Å². The second-order valence-corrected chi connectivity index (χ2v) is 4.56. The third kappa shape index (κ3) is 4.14. The number of nitrogens with one attached hydrogen (secondary N) is 1. The zero-order valence-corrected chi connectivity index (χ0v) is 11.2. The van der Waals surface area contributed by atoms with Crippen molar-refractivity contribution in [2.45, 2.75) is 18.6 Å². The number of aromatic nitrogens is 1. The molecular weight excluding hydrogens is 280 g/mol. The highest BCUT2D eigenvalue weighted by molar-refractivity contribution is 5.94. The fourth-order valence-corrected chi connectivity index (χ4v) is 2.03. The predicted octanol–water partition coefficient (Wildman–Crippen LogP) is -0.224. The molecule has 1 saturated heterocycles. The maximum absolute atomic E-state index is 12.1. The maximum atomic E-state index is 12.1. The highest BCUT2D eigenvalue weighted by atomic mass is 16.5. The molecule has 0 bridgehead atoms. The molecule has 0 saturated carbocycles. The number of ether oxygens (including phenoxy) is 2. The van der Waals surface area contributed by atoms with Crippen molar-refractivity contribution in [3.8, 4) is 5.75 Å². The SMILES string of the molecule is O=C(O)CO[C@@H]1COCC[C@H]1NC(=O)c1ncccc1O. The third-order valence-corrected chi connectivity index (χ3v) is 3.04. The molecule has 1 amide bonds. The van der Waals surface area contributed by atoms with Gasteiger partial charge in [0.15, 0.2) is 5.69 Å². The number of carboxylic acids is 1. The molecule has 1 aromatic rings. The van der Waals surface area contributed by atoms with Crippen molar-refractivity contribution in [1.82, 2.24) is 10.3 Å². The number of carbonyl (C=O) groups is 2.